The lowest BCUT2D eigenvalue weighted by Crippen LogP contribution is -2.42. The highest BCUT2D eigenvalue weighted by atomic mass is 16.5. The molecule has 1 amide bonds. The van der Waals surface area contributed by atoms with Crippen molar-refractivity contribution in [1.29, 1.82) is 0 Å². The zero-order valence-electron chi connectivity index (χ0n) is 16.1. The Morgan fingerprint density at radius 2 is 1.96 bits per heavy atom. The monoisotopic (exact) mass is 382 g/mol. The Bertz CT molecular complexity index is 794. The summed E-state index contributed by atoms with van der Waals surface area (Å²) in [5, 5.41) is 3.00. The average Bonchev–Trinajstić information content (AvgIpc) is 2.74. The zero-order valence-corrected chi connectivity index (χ0v) is 16.1. The second-order valence-corrected chi connectivity index (χ2v) is 6.86. The Morgan fingerprint density at radius 1 is 1.14 bits per heavy atom. The molecule has 6 heteroatoms. The predicted octanol–water partition coefficient (Wildman–Crippen LogP) is 3.20. The van der Waals surface area contributed by atoms with E-state index < -0.39 is 0 Å². The number of esters is 1. The molecule has 0 aromatic heterocycles. The molecular formula is C22H26N2O4. The molecule has 1 saturated heterocycles. The number of benzene rings is 2. The maximum Gasteiger partial charge on any atom is 0.337 e. The first-order chi connectivity index (χ1) is 13.7. The summed E-state index contributed by atoms with van der Waals surface area (Å²) >= 11 is 0. The van der Waals surface area contributed by atoms with Gasteiger partial charge in [0, 0.05) is 18.8 Å². The summed E-state index contributed by atoms with van der Waals surface area (Å²) in [5.74, 6) is 0.311. The number of nitrogens with one attached hydrogen (secondary N) is 1. The molecule has 1 aliphatic rings. The van der Waals surface area contributed by atoms with Crippen molar-refractivity contribution in [2.24, 2.45) is 5.92 Å². The standard InChI is InChI=1S/C22H26N2O4/c1-27-22(26)17-7-5-11-20(15-17)28-14-13-24-12-6-8-18(16-24)21(25)23-19-9-3-2-4-10-19/h2-5,7,9-11,15,18H,6,8,12-14,16H2,1H3,(H,23,25). The van der Waals surface area contributed by atoms with Gasteiger partial charge in [0.25, 0.3) is 0 Å². The number of anilines is 1. The number of hydrogen-bond acceptors (Lipinski definition) is 5. The van der Waals surface area contributed by atoms with Gasteiger partial charge in [-0.25, -0.2) is 4.79 Å². The van der Waals surface area contributed by atoms with Gasteiger partial charge in [-0.2, -0.15) is 0 Å². The van der Waals surface area contributed by atoms with E-state index in [9.17, 15) is 9.59 Å². The maximum atomic E-state index is 12.5. The molecule has 0 spiro atoms. The number of amides is 1. The van der Waals surface area contributed by atoms with E-state index in [0.29, 0.717) is 17.9 Å². The van der Waals surface area contributed by atoms with Gasteiger partial charge in [-0.1, -0.05) is 24.3 Å². The Balaban J connectivity index is 1.46. The molecule has 1 heterocycles. The van der Waals surface area contributed by atoms with Gasteiger partial charge in [0.1, 0.15) is 12.4 Å². The van der Waals surface area contributed by atoms with E-state index in [1.165, 1.54) is 7.11 Å². The van der Waals surface area contributed by atoms with Crippen LogP contribution < -0.4 is 10.1 Å². The van der Waals surface area contributed by atoms with Crippen LogP contribution in [0.25, 0.3) is 0 Å². The molecule has 0 radical (unpaired) electrons. The Morgan fingerprint density at radius 3 is 2.75 bits per heavy atom. The van der Waals surface area contributed by atoms with Crippen LogP contribution in [-0.2, 0) is 9.53 Å². The number of rotatable bonds is 7. The third kappa shape index (κ3) is 5.57. The fourth-order valence-electron chi connectivity index (χ4n) is 3.36. The fourth-order valence-corrected chi connectivity index (χ4v) is 3.36. The van der Waals surface area contributed by atoms with Crippen molar-refractivity contribution in [2.45, 2.75) is 12.8 Å². The topological polar surface area (TPSA) is 67.9 Å². The molecule has 1 fully saturated rings. The minimum atomic E-state index is -0.381. The number of hydrogen-bond donors (Lipinski definition) is 1. The van der Waals surface area contributed by atoms with Crippen LogP contribution in [-0.4, -0.2) is 50.1 Å². The Kier molecular flexibility index (Phi) is 7.03. The van der Waals surface area contributed by atoms with Crippen molar-refractivity contribution in [3.05, 3.63) is 60.2 Å². The molecule has 1 atom stereocenters. The third-order valence-electron chi connectivity index (χ3n) is 4.85. The van der Waals surface area contributed by atoms with Crippen molar-refractivity contribution in [2.75, 3.05) is 38.7 Å². The quantitative estimate of drug-likeness (QED) is 0.745. The summed E-state index contributed by atoms with van der Waals surface area (Å²) in [6.07, 6.45) is 1.89. The first kappa shape index (κ1) is 19.9. The summed E-state index contributed by atoms with van der Waals surface area (Å²) in [5.41, 5.74) is 1.30. The van der Waals surface area contributed by atoms with Crippen LogP contribution >= 0.6 is 0 Å². The van der Waals surface area contributed by atoms with Gasteiger partial charge >= 0.3 is 5.97 Å². The molecule has 148 valence electrons. The normalized spacial score (nSPS) is 17.0. The third-order valence-corrected chi connectivity index (χ3v) is 4.85. The summed E-state index contributed by atoms with van der Waals surface area (Å²) < 4.78 is 10.5. The predicted molar refractivity (Wildman–Crippen MR) is 108 cm³/mol. The number of nitrogens with zero attached hydrogens (tertiary/aromatic N) is 1. The van der Waals surface area contributed by atoms with Crippen LogP contribution in [0.3, 0.4) is 0 Å². The van der Waals surface area contributed by atoms with Crippen LogP contribution in [0.4, 0.5) is 5.69 Å². The largest absolute Gasteiger partial charge is 0.492 e. The number of likely N-dealkylation sites (tertiary alicyclic amines) is 1. The van der Waals surface area contributed by atoms with Gasteiger partial charge in [-0.3, -0.25) is 9.69 Å². The molecule has 2 aromatic rings. The highest BCUT2D eigenvalue weighted by molar-refractivity contribution is 5.92. The maximum absolute atomic E-state index is 12.5. The lowest BCUT2D eigenvalue weighted by molar-refractivity contribution is -0.121. The molecule has 6 nitrogen and oxygen atoms in total. The summed E-state index contributed by atoms with van der Waals surface area (Å²) in [6, 6.07) is 16.5. The van der Waals surface area contributed by atoms with Crippen LogP contribution in [0.15, 0.2) is 54.6 Å². The van der Waals surface area contributed by atoms with Gasteiger partial charge in [0.2, 0.25) is 5.91 Å². The summed E-state index contributed by atoms with van der Waals surface area (Å²) in [7, 11) is 1.36. The van der Waals surface area contributed by atoms with Crippen LogP contribution in [0.5, 0.6) is 5.75 Å². The number of para-hydroxylation sites is 1. The minimum absolute atomic E-state index is 0.0170. The van der Waals surface area contributed by atoms with Crippen molar-refractivity contribution >= 4 is 17.6 Å². The highest BCUT2D eigenvalue weighted by Gasteiger charge is 2.25. The molecule has 0 aliphatic carbocycles. The number of methoxy groups -OCH3 is 1. The van der Waals surface area contributed by atoms with Crippen LogP contribution in [0.1, 0.15) is 23.2 Å². The van der Waals surface area contributed by atoms with E-state index in [2.05, 4.69) is 10.2 Å². The summed E-state index contributed by atoms with van der Waals surface area (Å²) in [4.78, 5) is 26.4. The second-order valence-electron chi connectivity index (χ2n) is 6.86. The van der Waals surface area contributed by atoms with Gasteiger partial charge in [0.05, 0.1) is 18.6 Å². The van der Waals surface area contributed by atoms with E-state index in [1.807, 2.05) is 36.4 Å². The molecule has 0 saturated carbocycles. The van der Waals surface area contributed by atoms with Crippen LogP contribution in [0.2, 0.25) is 0 Å². The Hall–Kier alpha value is -2.86. The van der Waals surface area contributed by atoms with E-state index in [1.54, 1.807) is 18.2 Å². The highest BCUT2D eigenvalue weighted by Crippen LogP contribution is 2.19. The van der Waals surface area contributed by atoms with Gasteiger partial charge in [-0.05, 0) is 49.7 Å². The molecule has 28 heavy (non-hydrogen) atoms. The van der Waals surface area contributed by atoms with Gasteiger partial charge in [0.15, 0.2) is 0 Å². The number of carbonyl (C=O) groups excluding carboxylic acids is 2. The molecule has 1 N–H and O–H groups in total. The van der Waals surface area contributed by atoms with Crippen molar-refractivity contribution < 1.29 is 19.1 Å². The smallest absolute Gasteiger partial charge is 0.337 e. The second kappa shape index (κ2) is 9.90. The average molecular weight is 382 g/mol. The first-order valence-electron chi connectivity index (χ1n) is 9.55. The van der Waals surface area contributed by atoms with Crippen molar-refractivity contribution in [3.8, 4) is 5.75 Å². The van der Waals surface area contributed by atoms with E-state index in [-0.39, 0.29) is 17.8 Å². The zero-order chi connectivity index (χ0) is 19.8. The first-order valence-corrected chi connectivity index (χ1v) is 9.55. The molecule has 2 aromatic carbocycles. The summed E-state index contributed by atoms with van der Waals surface area (Å²) in [6.45, 7) is 2.92. The Labute approximate surface area is 165 Å². The fraction of sp³-hybridized carbons (Fsp3) is 0.364. The molecular weight excluding hydrogens is 356 g/mol. The molecule has 3 rings (SSSR count). The van der Waals surface area contributed by atoms with Crippen molar-refractivity contribution in [1.82, 2.24) is 4.90 Å². The van der Waals surface area contributed by atoms with Gasteiger partial charge in [-0.15, -0.1) is 0 Å². The SMILES string of the molecule is COC(=O)c1cccc(OCCN2CCCC(C(=O)Nc3ccccc3)C2)c1. The van der Waals surface area contributed by atoms with E-state index in [4.69, 9.17) is 9.47 Å². The number of piperidine rings is 1. The minimum Gasteiger partial charge on any atom is -0.492 e. The van der Waals surface area contributed by atoms with Gasteiger partial charge < -0.3 is 14.8 Å². The lowest BCUT2D eigenvalue weighted by atomic mass is 9.97. The molecule has 0 bridgehead atoms. The van der Waals surface area contributed by atoms with Crippen molar-refractivity contribution in [3.63, 3.8) is 0 Å². The van der Waals surface area contributed by atoms with Crippen LogP contribution in [0, 0.1) is 5.92 Å². The van der Waals surface area contributed by atoms with E-state index in [0.717, 1.165) is 38.2 Å². The molecule has 1 unspecified atom stereocenters. The van der Waals surface area contributed by atoms with E-state index >= 15 is 0 Å². The molecule has 1 aliphatic heterocycles. The number of carbonyl (C=O) groups is 2. The lowest BCUT2D eigenvalue weighted by Gasteiger charge is -2.31. The number of ether oxygens (including phenoxy) is 2.